The summed E-state index contributed by atoms with van der Waals surface area (Å²) in [5.74, 6) is 0.710. The highest BCUT2D eigenvalue weighted by molar-refractivity contribution is 6.30. The Kier molecular flexibility index (Phi) is 9.13. The summed E-state index contributed by atoms with van der Waals surface area (Å²) in [6, 6.07) is 7.89. The molecule has 0 saturated carbocycles. The summed E-state index contributed by atoms with van der Waals surface area (Å²) in [5, 5.41) is 9.84. The summed E-state index contributed by atoms with van der Waals surface area (Å²) in [5.41, 5.74) is 0.773. The molecule has 0 aliphatic rings. The number of aliphatic imine (C=N–C) groups is 1. The summed E-state index contributed by atoms with van der Waals surface area (Å²) < 4.78 is 5.17. The fourth-order valence-electron chi connectivity index (χ4n) is 2.03. The van der Waals surface area contributed by atoms with E-state index in [9.17, 15) is 4.79 Å². The second kappa shape index (κ2) is 10.8. The Bertz CT molecular complexity index is 553. The number of ether oxygens (including phenoxy) is 1. The topological polar surface area (TPSA) is 74.8 Å². The van der Waals surface area contributed by atoms with E-state index in [1.807, 2.05) is 45.0 Å². The van der Waals surface area contributed by atoms with E-state index in [0.29, 0.717) is 19.0 Å². The summed E-state index contributed by atoms with van der Waals surface area (Å²) in [6.07, 6.45) is 1.54. The molecule has 1 aromatic carbocycles. The summed E-state index contributed by atoms with van der Waals surface area (Å²) >= 11 is 5.87. The number of amides is 1. The number of carbonyl (C=O) groups is 1. The van der Waals surface area contributed by atoms with Crippen molar-refractivity contribution >= 4 is 23.7 Å². The Balaban J connectivity index is 2.14. The van der Waals surface area contributed by atoms with Gasteiger partial charge in [0.1, 0.15) is 5.60 Å². The average molecular weight is 369 g/mol. The van der Waals surface area contributed by atoms with Crippen molar-refractivity contribution in [3.8, 4) is 0 Å². The van der Waals surface area contributed by atoms with Gasteiger partial charge in [0.2, 0.25) is 0 Å². The number of hydrogen-bond acceptors (Lipinski definition) is 3. The van der Waals surface area contributed by atoms with Gasteiger partial charge in [-0.3, -0.25) is 4.99 Å². The van der Waals surface area contributed by atoms with Gasteiger partial charge in [0.25, 0.3) is 0 Å². The number of nitrogens with zero attached hydrogens (tertiary/aromatic N) is 1. The van der Waals surface area contributed by atoms with Crippen LogP contribution in [0.25, 0.3) is 0 Å². The van der Waals surface area contributed by atoms with Gasteiger partial charge in [-0.25, -0.2) is 4.79 Å². The molecule has 0 aliphatic carbocycles. The summed E-state index contributed by atoms with van der Waals surface area (Å²) in [7, 11) is 1.72. The molecule has 0 bridgehead atoms. The van der Waals surface area contributed by atoms with Crippen molar-refractivity contribution in [2.75, 3.05) is 26.7 Å². The van der Waals surface area contributed by atoms with E-state index in [1.165, 1.54) is 5.56 Å². The fraction of sp³-hybridized carbons (Fsp3) is 0.556. The highest BCUT2D eigenvalue weighted by Crippen LogP contribution is 2.10. The molecule has 1 rings (SSSR count). The minimum absolute atomic E-state index is 0.416. The van der Waals surface area contributed by atoms with Crippen molar-refractivity contribution < 1.29 is 9.53 Å². The third-order valence-electron chi connectivity index (χ3n) is 3.16. The number of benzene rings is 1. The average Bonchev–Trinajstić information content (AvgIpc) is 2.53. The van der Waals surface area contributed by atoms with Crippen molar-refractivity contribution in [3.63, 3.8) is 0 Å². The predicted octanol–water partition coefficient (Wildman–Crippen LogP) is 2.96. The first-order valence-corrected chi connectivity index (χ1v) is 8.84. The van der Waals surface area contributed by atoms with Crippen molar-refractivity contribution in [2.24, 2.45) is 4.99 Å². The SMILES string of the molecule is CN=C(NCCCc1ccc(Cl)cc1)NCCNC(=O)OC(C)(C)C. The lowest BCUT2D eigenvalue weighted by Crippen LogP contribution is -2.42. The third-order valence-corrected chi connectivity index (χ3v) is 3.41. The molecule has 0 aromatic heterocycles. The first-order chi connectivity index (χ1) is 11.8. The number of alkyl carbamates (subject to hydrolysis) is 1. The molecular formula is C18H29ClN4O2. The predicted molar refractivity (Wildman–Crippen MR) is 103 cm³/mol. The van der Waals surface area contributed by atoms with Crippen LogP contribution in [0.1, 0.15) is 32.8 Å². The van der Waals surface area contributed by atoms with Gasteiger partial charge in [0, 0.05) is 31.7 Å². The third kappa shape index (κ3) is 10.5. The van der Waals surface area contributed by atoms with E-state index < -0.39 is 11.7 Å². The highest BCUT2D eigenvalue weighted by atomic mass is 35.5. The lowest BCUT2D eigenvalue weighted by atomic mass is 10.1. The minimum Gasteiger partial charge on any atom is -0.444 e. The van der Waals surface area contributed by atoms with Crippen molar-refractivity contribution in [3.05, 3.63) is 34.9 Å². The number of aryl methyl sites for hydroxylation is 1. The van der Waals surface area contributed by atoms with Gasteiger partial charge in [-0.1, -0.05) is 23.7 Å². The van der Waals surface area contributed by atoms with Gasteiger partial charge in [0.05, 0.1) is 0 Å². The van der Waals surface area contributed by atoms with Crippen LogP contribution in [0.5, 0.6) is 0 Å². The Hall–Kier alpha value is -1.95. The molecule has 0 heterocycles. The van der Waals surface area contributed by atoms with Crippen LogP contribution in [-0.2, 0) is 11.2 Å². The van der Waals surface area contributed by atoms with E-state index in [4.69, 9.17) is 16.3 Å². The molecule has 1 aromatic rings. The number of rotatable bonds is 7. The van der Waals surface area contributed by atoms with Crippen LogP contribution in [0.2, 0.25) is 5.02 Å². The van der Waals surface area contributed by atoms with Crippen LogP contribution < -0.4 is 16.0 Å². The molecule has 0 aliphatic heterocycles. The van der Waals surface area contributed by atoms with Crippen molar-refractivity contribution in [1.82, 2.24) is 16.0 Å². The van der Waals surface area contributed by atoms with Gasteiger partial charge in [-0.15, -0.1) is 0 Å². The van der Waals surface area contributed by atoms with Crippen LogP contribution in [0.15, 0.2) is 29.3 Å². The number of guanidine groups is 1. The van der Waals surface area contributed by atoms with Crippen LogP contribution >= 0.6 is 11.6 Å². The fourth-order valence-corrected chi connectivity index (χ4v) is 2.16. The van der Waals surface area contributed by atoms with Crippen molar-refractivity contribution in [1.29, 1.82) is 0 Å². The molecule has 1 amide bonds. The number of carbonyl (C=O) groups excluding carboxylic acids is 1. The Labute approximate surface area is 155 Å². The molecule has 6 nitrogen and oxygen atoms in total. The summed E-state index contributed by atoms with van der Waals surface area (Å²) in [4.78, 5) is 15.7. The Morgan fingerprint density at radius 1 is 1.08 bits per heavy atom. The minimum atomic E-state index is -0.487. The quantitative estimate of drug-likeness (QED) is 0.393. The summed E-state index contributed by atoms with van der Waals surface area (Å²) in [6.45, 7) is 7.33. The molecule has 140 valence electrons. The van der Waals surface area contributed by atoms with E-state index >= 15 is 0 Å². The van der Waals surface area contributed by atoms with Gasteiger partial charge in [0.15, 0.2) is 5.96 Å². The maximum absolute atomic E-state index is 11.5. The van der Waals surface area contributed by atoms with Crippen LogP contribution in [-0.4, -0.2) is 44.3 Å². The molecule has 7 heteroatoms. The Morgan fingerprint density at radius 2 is 1.68 bits per heavy atom. The van der Waals surface area contributed by atoms with E-state index in [-0.39, 0.29) is 0 Å². The van der Waals surface area contributed by atoms with E-state index in [0.717, 1.165) is 24.4 Å². The first kappa shape index (κ1) is 21.1. The molecule has 25 heavy (non-hydrogen) atoms. The van der Waals surface area contributed by atoms with Gasteiger partial charge >= 0.3 is 6.09 Å². The lowest BCUT2D eigenvalue weighted by Gasteiger charge is -2.19. The van der Waals surface area contributed by atoms with Crippen LogP contribution in [0.4, 0.5) is 4.79 Å². The second-order valence-electron chi connectivity index (χ2n) is 6.58. The maximum atomic E-state index is 11.5. The van der Waals surface area contributed by atoms with Crippen LogP contribution in [0, 0.1) is 0 Å². The smallest absolute Gasteiger partial charge is 0.407 e. The number of hydrogen-bond donors (Lipinski definition) is 3. The molecule has 0 unspecified atom stereocenters. The van der Waals surface area contributed by atoms with E-state index in [1.54, 1.807) is 7.05 Å². The van der Waals surface area contributed by atoms with Crippen LogP contribution in [0.3, 0.4) is 0 Å². The maximum Gasteiger partial charge on any atom is 0.407 e. The van der Waals surface area contributed by atoms with Gasteiger partial charge in [-0.05, 0) is 51.3 Å². The second-order valence-corrected chi connectivity index (χ2v) is 7.02. The molecule has 0 atom stereocenters. The molecule has 0 radical (unpaired) electrons. The normalized spacial score (nSPS) is 11.8. The molecule has 0 saturated heterocycles. The highest BCUT2D eigenvalue weighted by Gasteiger charge is 2.15. The molecular weight excluding hydrogens is 340 g/mol. The lowest BCUT2D eigenvalue weighted by molar-refractivity contribution is 0.0529. The molecule has 3 N–H and O–H groups in total. The first-order valence-electron chi connectivity index (χ1n) is 8.46. The van der Waals surface area contributed by atoms with Gasteiger partial charge < -0.3 is 20.7 Å². The largest absolute Gasteiger partial charge is 0.444 e. The number of nitrogens with one attached hydrogen (secondary N) is 3. The standard InChI is InChI=1S/C18H29ClN4O2/c1-18(2,3)25-17(24)23-13-12-22-16(20-4)21-11-5-6-14-7-9-15(19)10-8-14/h7-10H,5-6,11-13H2,1-4H3,(H,23,24)(H2,20,21,22). The zero-order chi connectivity index (χ0) is 18.7. The van der Waals surface area contributed by atoms with E-state index in [2.05, 4.69) is 20.9 Å². The Morgan fingerprint density at radius 3 is 2.28 bits per heavy atom. The van der Waals surface area contributed by atoms with Gasteiger partial charge in [-0.2, -0.15) is 0 Å². The zero-order valence-corrected chi connectivity index (χ0v) is 16.2. The zero-order valence-electron chi connectivity index (χ0n) is 15.5. The number of halogens is 1. The monoisotopic (exact) mass is 368 g/mol. The molecule has 0 fully saturated rings. The van der Waals surface area contributed by atoms with Crippen molar-refractivity contribution in [2.45, 2.75) is 39.2 Å². The molecule has 0 spiro atoms.